The topological polar surface area (TPSA) is 8.17 Å². The molecule has 0 aliphatic heterocycles. The van der Waals surface area contributed by atoms with Crippen LogP contribution < -0.4 is 4.90 Å². The largest absolute Gasteiger partial charge is 0.310 e. The van der Waals surface area contributed by atoms with E-state index in [2.05, 4.69) is 264 Å². The average Bonchev–Trinajstić information content (AvgIpc) is 3.95. The summed E-state index contributed by atoms with van der Waals surface area (Å²) in [6.45, 7) is 0. The van der Waals surface area contributed by atoms with Crippen LogP contribution >= 0.6 is 11.3 Å². The van der Waals surface area contributed by atoms with Gasteiger partial charge in [0.15, 0.2) is 0 Å². The number of aromatic nitrogens is 1. The van der Waals surface area contributed by atoms with E-state index in [4.69, 9.17) is 0 Å². The van der Waals surface area contributed by atoms with Gasteiger partial charge >= 0.3 is 0 Å². The van der Waals surface area contributed by atoms with E-state index in [9.17, 15) is 0 Å². The normalized spacial score (nSPS) is 11.6. The minimum absolute atomic E-state index is 1.08. The second-order valence-corrected chi connectivity index (χ2v) is 18.3. The van der Waals surface area contributed by atoms with E-state index in [1.54, 1.807) is 0 Å². The first-order valence-electron chi connectivity index (χ1n) is 22.9. The molecule has 0 N–H and O–H groups in total. The first kappa shape index (κ1) is 38.9. The van der Waals surface area contributed by atoms with Crippen LogP contribution in [0.15, 0.2) is 255 Å². The van der Waals surface area contributed by atoms with E-state index in [0.717, 1.165) is 28.3 Å². The third-order valence-corrected chi connectivity index (χ3v) is 14.5. The van der Waals surface area contributed by atoms with Crippen LogP contribution in [0.25, 0.3) is 103 Å². The van der Waals surface area contributed by atoms with Crippen molar-refractivity contribution in [2.24, 2.45) is 0 Å². The van der Waals surface area contributed by atoms with Crippen molar-refractivity contribution in [3.05, 3.63) is 255 Å². The third-order valence-electron chi connectivity index (χ3n) is 13.4. The van der Waals surface area contributed by atoms with Crippen molar-refractivity contribution in [3.63, 3.8) is 0 Å². The molecule has 314 valence electrons. The summed E-state index contributed by atoms with van der Waals surface area (Å²) in [6, 6.07) is 93.2. The molecule has 2 aromatic heterocycles. The number of fused-ring (bicyclic) bond motifs is 7. The second-order valence-electron chi connectivity index (χ2n) is 17.2. The van der Waals surface area contributed by atoms with Gasteiger partial charge in [-0.3, -0.25) is 0 Å². The predicted octanol–water partition coefficient (Wildman–Crippen LogP) is 18.4. The van der Waals surface area contributed by atoms with Crippen molar-refractivity contribution >= 4 is 81.1 Å². The van der Waals surface area contributed by atoms with E-state index in [0.29, 0.717) is 0 Å². The fourth-order valence-corrected chi connectivity index (χ4v) is 11.5. The fraction of sp³-hybridized carbons (Fsp3) is 0. The molecule has 13 rings (SSSR count). The maximum atomic E-state index is 2.45. The lowest BCUT2D eigenvalue weighted by atomic mass is 9.90. The summed E-state index contributed by atoms with van der Waals surface area (Å²) < 4.78 is 4.99. The van der Waals surface area contributed by atoms with Crippen LogP contribution in [0, 0.1) is 0 Å². The lowest BCUT2D eigenvalue weighted by molar-refractivity contribution is 1.18. The molecule has 0 saturated heterocycles. The summed E-state index contributed by atoms with van der Waals surface area (Å²) in [5.41, 5.74) is 16.4. The number of thiophene rings is 1. The highest BCUT2D eigenvalue weighted by molar-refractivity contribution is 7.25. The number of anilines is 3. The molecule has 0 unspecified atom stereocenters. The first-order chi connectivity index (χ1) is 33.2. The SMILES string of the molecule is c1ccc(-c2cccc3cccc(-c4ccccc4N(c4ccc(-c5ccc6c(c5)c5ccccc5n6-c5ccccc5)cc4)c4cccc(-c5cccc6sc7ccccc7c56)c4)c23)cc1. The molecule has 3 heteroatoms. The lowest BCUT2D eigenvalue weighted by Crippen LogP contribution is -2.11. The molecule has 0 fully saturated rings. The van der Waals surface area contributed by atoms with E-state index < -0.39 is 0 Å². The standard InChI is InChI=1S/C64H42N2S/c1-3-17-44(18-4-1)51-28-14-19-45-20-15-30-55(63(45)51)53-25-7-10-31-58(53)65(50-24-13-21-47(41-50)52-29-16-34-62-64(52)56-27-9-12-33-61(56)67-62)49-38-35-43(36-39-49)46-37-40-60-57(42-46)54-26-8-11-32-59(54)66(60)48-22-5-2-6-23-48/h1-42H. The molecule has 0 bridgehead atoms. The van der Waals surface area contributed by atoms with Crippen molar-refractivity contribution in [2.45, 2.75) is 0 Å². The zero-order valence-corrected chi connectivity index (χ0v) is 37.4. The van der Waals surface area contributed by atoms with Crippen LogP contribution in [0.1, 0.15) is 0 Å². The fourth-order valence-electron chi connectivity index (χ4n) is 10.4. The molecule has 0 aliphatic carbocycles. The van der Waals surface area contributed by atoms with Gasteiger partial charge in [-0.25, -0.2) is 0 Å². The first-order valence-corrected chi connectivity index (χ1v) is 23.7. The molecular formula is C64H42N2S. The molecule has 0 spiro atoms. The monoisotopic (exact) mass is 870 g/mol. The Morgan fingerprint density at radius 2 is 0.910 bits per heavy atom. The molecule has 2 heterocycles. The Balaban J connectivity index is 0.989. The van der Waals surface area contributed by atoms with Crippen molar-refractivity contribution < 1.29 is 0 Å². The smallest absolute Gasteiger partial charge is 0.0541 e. The van der Waals surface area contributed by atoms with E-state index >= 15 is 0 Å². The molecule has 0 atom stereocenters. The summed E-state index contributed by atoms with van der Waals surface area (Å²) in [6.07, 6.45) is 0. The van der Waals surface area contributed by atoms with Gasteiger partial charge in [-0.2, -0.15) is 0 Å². The molecule has 0 radical (unpaired) electrons. The maximum absolute atomic E-state index is 2.45. The molecule has 2 nitrogen and oxygen atoms in total. The maximum Gasteiger partial charge on any atom is 0.0541 e. The number of rotatable bonds is 8. The van der Waals surface area contributed by atoms with Crippen LogP contribution in [0.4, 0.5) is 17.1 Å². The van der Waals surface area contributed by atoms with Gasteiger partial charge in [-0.05, 0) is 123 Å². The number of hydrogen-bond donors (Lipinski definition) is 0. The Hall–Kier alpha value is -8.50. The summed E-state index contributed by atoms with van der Waals surface area (Å²) in [4.78, 5) is 2.45. The Kier molecular flexibility index (Phi) is 9.40. The number of benzene rings is 11. The predicted molar refractivity (Wildman–Crippen MR) is 288 cm³/mol. The lowest BCUT2D eigenvalue weighted by Gasteiger charge is -2.29. The van der Waals surface area contributed by atoms with Gasteiger partial charge in [-0.15, -0.1) is 11.3 Å². The molecule has 0 aliphatic rings. The van der Waals surface area contributed by atoms with E-state index in [1.165, 1.54) is 91.7 Å². The average molecular weight is 871 g/mol. The second kappa shape index (κ2) is 16.2. The van der Waals surface area contributed by atoms with Crippen LogP contribution in [0.2, 0.25) is 0 Å². The molecule has 0 amide bonds. The summed E-state index contributed by atoms with van der Waals surface area (Å²) in [7, 11) is 0. The van der Waals surface area contributed by atoms with Gasteiger partial charge in [0.2, 0.25) is 0 Å². The van der Waals surface area contributed by atoms with Gasteiger partial charge in [-0.1, -0.05) is 182 Å². The summed E-state index contributed by atoms with van der Waals surface area (Å²) >= 11 is 1.86. The number of hydrogen-bond acceptors (Lipinski definition) is 2. The molecule has 11 aromatic carbocycles. The Bertz CT molecular complexity index is 3970. The molecular weight excluding hydrogens is 829 g/mol. The Morgan fingerprint density at radius 3 is 1.75 bits per heavy atom. The quantitative estimate of drug-likeness (QED) is 0.148. The summed E-state index contributed by atoms with van der Waals surface area (Å²) in [5, 5.41) is 7.56. The number of nitrogens with zero attached hydrogens (tertiary/aromatic N) is 2. The van der Waals surface area contributed by atoms with Gasteiger partial charge in [0.05, 0.1) is 16.7 Å². The van der Waals surface area contributed by atoms with Crippen LogP contribution in [0.5, 0.6) is 0 Å². The van der Waals surface area contributed by atoms with Crippen LogP contribution in [0.3, 0.4) is 0 Å². The highest BCUT2D eigenvalue weighted by Crippen LogP contribution is 2.47. The van der Waals surface area contributed by atoms with Crippen LogP contribution in [-0.2, 0) is 0 Å². The van der Waals surface area contributed by atoms with E-state index in [1.807, 2.05) is 11.3 Å². The molecule has 13 aromatic rings. The third kappa shape index (κ3) is 6.63. The van der Waals surface area contributed by atoms with Crippen molar-refractivity contribution in [1.82, 2.24) is 4.57 Å². The highest BCUT2D eigenvalue weighted by atomic mass is 32.1. The summed E-state index contributed by atoms with van der Waals surface area (Å²) in [5.74, 6) is 0. The zero-order valence-electron chi connectivity index (χ0n) is 36.6. The van der Waals surface area contributed by atoms with Crippen LogP contribution in [-0.4, -0.2) is 4.57 Å². The van der Waals surface area contributed by atoms with Gasteiger partial charge in [0, 0.05) is 53.6 Å². The van der Waals surface area contributed by atoms with Crippen molar-refractivity contribution in [1.29, 1.82) is 0 Å². The van der Waals surface area contributed by atoms with Crippen molar-refractivity contribution in [2.75, 3.05) is 4.90 Å². The Morgan fingerprint density at radius 1 is 0.313 bits per heavy atom. The Labute approximate surface area is 393 Å². The molecule has 67 heavy (non-hydrogen) atoms. The minimum atomic E-state index is 1.08. The van der Waals surface area contributed by atoms with E-state index in [-0.39, 0.29) is 0 Å². The van der Waals surface area contributed by atoms with Crippen molar-refractivity contribution in [3.8, 4) is 50.2 Å². The van der Waals surface area contributed by atoms with Gasteiger partial charge in [0.25, 0.3) is 0 Å². The number of para-hydroxylation sites is 3. The highest BCUT2D eigenvalue weighted by Gasteiger charge is 2.21. The van der Waals surface area contributed by atoms with Gasteiger partial charge in [0.1, 0.15) is 0 Å². The van der Waals surface area contributed by atoms with Gasteiger partial charge < -0.3 is 9.47 Å². The minimum Gasteiger partial charge on any atom is -0.310 e. The zero-order chi connectivity index (χ0) is 44.3. The molecule has 0 saturated carbocycles.